The maximum Gasteiger partial charge on any atom is 0.261 e. The predicted octanol–water partition coefficient (Wildman–Crippen LogP) is 3.26. The third-order valence-electron chi connectivity index (χ3n) is 3.09. The first-order valence-corrected chi connectivity index (χ1v) is 7.52. The largest absolute Gasteiger partial charge is 0.395 e. The summed E-state index contributed by atoms with van der Waals surface area (Å²) in [5, 5.41) is 11.4. The van der Waals surface area contributed by atoms with E-state index >= 15 is 0 Å². The molecule has 2 N–H and O–H groups in total. The van der Waals surface area contributed by atoms with E-state index < -0.39 is 0 Å². The average Bonchev–Trinajstić information content (AvgIpc) is 2.94. The molecule has 20 heavy (non-hydrogen) atoms. The third kappa shape index (κ3) is 3.46. The minimum Gasteiger partial charge on any atom is -0.395 e. The zero-order chi connectivity index (χ0) is 14.5. The molecule has 0 saturated carbocycles. The molecule has 1 heterocycles. The Balaban J connectivity index is 2.14. The second kappa shape index (κ2) is 6.68. The van der Waals surface area contributed by atoms with Crippen LogP contribution in [-0.2, 0) is 0 Å². The maximum absolute atomic E-state index is 11.8. The number of nitrogens with one attached hydrogen (secondary N) is 1. The highest BCUT2D eigenvalue weighted by atomic mass is 32.1. The van der Waals surface area contributed by atoms with E-state index in [0.29, 0.717) is 10.8 Å². The second-order valence-corrected chi connectivity index (χ2v) is 6.00. The van der Waals surface area contributed by atoms with Crippen LogP contribution in [0.3, 0.4) is 0 Å². The molecular weight excluding hydrogens is 270 g/mol. The number of carbonyl (C=O) groups is 1. The van der Waals surface area contributed by atoms with Crippen LogP contribution in [0.2, 0.25) is 0 Å². The van der Waals surface area contributed by atoms with Gasteiger partial charge in [0.25, 0.3) is 5.91 Å². The van der Waals surface area contributed by atoms with Gasteiger partial charge < -0.3 is 10.4 Å². The minimum absolute atomic E-state index is 0.0410. The Labute approximate surface area is 123 Å². The summed E-state index contributed by atoms with van der Waals surface area (Å²) in [5.41, 5.74) is 2.44. The van der Waals surface area contributed by atoms with Gasteiger partial charge in [-0.15, -0.1) is 11.3 Å². The molecule has 1 amide bonds. The Bertz CT molecular complexity index is 572. The average molecular weight is 289 g/mol. The monoisotopic (exact) mass is 289 g/mol. The van der Waals surface area contributed by atoms with Gasteiger partial charge in [0.05, 0.1) is 11.5 Å². The van der Waals surface area contributed by atoms with Gasteiger partial charge in [0.1, 0.15) is 0 Å². The first-order chi connectivity index (χ1) is 9.61. The van der Waals surface area contributed by atoms with E-state index in [9.17, 15) is 4.79 Å². The van der Waals surface area contributed by atoms with E-state index in [1.165, 1.54) is 16.9 Å². The highest BCUT2D eigenvalue weighted by molar-refractivity contribution is 7.17. The lowest BCUT2D eigenvalue weighted by Crippen LogP contribution is -2.25. The molecule has 0 fully saturated rings. The molecule has 0 aliphatic carbocycles. The summed E-state index contributed by atoms with van der Waals surface area (Å²) in [5.74, 6) is 0.390. The van der Waals surface area contributed by atoms with Gasteiger partial charge in [0.15, 0.2) is 0 Å². The molecule has 0 radical (unpaired) electrons. The molecule has 0 saturated heterocycles. The van der Waals surface area contributed by atoms with Crippen LogP contribution in [-0.4, -0.2) is 24.2 Å². The van der Waals surface area contributed by atoms with E-state index in [4.69, 9.17) is 5.11 Å². The number of hydrogen-bond acceptors (Lipinski definition) is 3. The Morgan fingerprint density at radius 3 is 2.50 bits per heavy atom. The number of benzene rings is 1. The molecule has 0 aliphatic heterocycles. The molecule has 0 unspecified atom stereocenters. The first-order valence-electron chi connectivity index (χ1n) is 6.71. The fourth-order valence-corrected chi connectivity index (χ4v) is 2.83. The summed E-state index contributed by atoms with van der Waals surface area (Å²) >= 11 is 1.47. The van der Waals surface area contributed by atoms with Crippen molar-refractivity contribution in [3.63, 3.8) is 0 Å². The lowest BCUT2D eigenvalue weighted by Gasteiger charge is -2.05. The van der Waals surface area contributed by atoms with E-state index in [1.807, 2.05) is 12.1 Å². The smallest absolute Gasteiger partial charge is 0.261 e. The van der Waals surface area contributed by atoms with Crippen LogP contribution in [0.1, 0.15) is 35.0 Å². The van der Waals surface area contributed by atoms with Crippen molar-refractivity contribution in [2.24, 2.45) is 0 Å². The zero-order valence-electron chi connectivity index (χ0n) is 11.7. The maximum atomic E-state index is 11.8. The van der Waals surface area contributed by atoms with Gasteiger partial charge >= 0.3 is 0 Å². The van der Waals surface area contributed by atoms with Crippen LogP contribution in [0.4, 0.5) is 0 Å². The van der Waals surface area contributed by atoms with Gasteiger partial charge in [0, 0.05) is 11.4 Å². The molecule has 2 rings (SSSR count). The van der Waals surface area contributed by atoms with Crippen molar-refractivity contribution in [3.8, 4) is 10.4 Å². The van der Waals surface area contributed by atoms with Gasteiger partial charge in [-0.3, -0.25) is 4.79 Å². The van der Waals surface area contributed by atoms with Crippen LogP contribution >= 0.6 is 11.3 Å². The molecule has 0 bridgehead atoms. The van der Waals surface area contributed by atoms with Crippen LogP contribution < -0.4 is 5.32 Å². The van der Waals surface area contributed by atoms with Crippen molar-refractivity contribution >= 4 is 17.2 Å². The van der Waals surface area contributed by atoms with Gasteiger partial charge in [-0.2, -0.15) is 0 Å². The van der Waals surface area contributed by atoms with E-state index in [0.717, 1.165) is 10.4 Å². The summed E-state index contributed by atoms with van der Waals surface area (Å²) in [4.78, 5) is 13.5. The molecule has 2 aromatic rings. The highest BCUT2D eigenvalue weighted by Crippen LogP contribution is 2.29. The summed E-state index contributed by atoms with van der Waals surface area (Å²) in [6.07, 6.45) is 0. The Morgan fingerprint density at radius 1 is 1.20 bits per heavy atom. The van der Waals surface area contributed by atoms with Crippen molar-refractivity contribution in [1.82, 2.24) is 5.32 Å². The SMILES string of the molecule is CC(C)c1ccc(-c2ccc(C(=O)NCCO)s2)cc1. The number of aliphatic hydroxyl groups excluding tert-OH is 1. The topological polar surface area (TPSA) is 49.3 Å². The van der Waals surface area contributed by atoms with E-state index in [2.05, 4.69) is 43.4 Å². The van der Waals surface area contributed by atoms with Crippen molar-refractivity contribution in [2.45, 2.75) is 19.8 Å². The molecule has 1 aromatic heterocycles. The Morgan fingerprint density at radius 2 is 1.90 bits per heavy atom. The standard InChI is InChI=1S/C16H19NO2S/c1-11(2)12-3-5-13(6-4-12)14-7-8-15(20-14)16(19)17-9-10-18/h3-8,11,18H,9-10H2,1-2H3,(H,17,19). The summed E-state index contributed by atoms with van der Waals surface area (Å²) in [6, 6.07) is 12.2. The number of hydrogen-bond donors (Lipinski definition) is 2. The molecule has 0 atom stereocenters. The first kappa shape index (κ1) is 14.8. The summed E-state index contributed by atoms with van der Waals surface area (Å²) in [7, 11) is 0. The number of amides is 1. The fourth-order valence-electron chi connectivity index (χ4n) is 1.90. The van der Waals surface area contributed by atoms with Crippen molar-refractivity contribution in [3.05, 3.63) is 46.8 Å². The lowest BCUT2D eigenvalue weighted by atomic mass is 10.0. The van der Waals surface area contributed by atoms with Crippen molar-refractivity contribution in [2.75, 3.05) is 13.2 Å². The second-order valence-electron chi connectivity index (χ2n) is 4.92. The van der Waals surface area contributed by atoms with Gasteiger partial charge in [0.2, 0.25) is 0 Å². The molecular formula is C16H19NO2S. The Kier molecular flexibility index (Phi) is 4.93. The molecule has 106 valence electrons. The summed E-state index contributed by atoms with van der Waals surface area (Å²) in [6.45, 7) is 4.59. The number of rotatable bonds is 5. The highest BCUT2D eigenvalue weighted by Gasteiger charge is 2.09. The molecule has 0 spiro atoms. The summed E-state index contributed by atoms with van der Waals surface area (Å²) < 4.78 is 0. The number of thiophene rings is 1. The quantitative estimate of drug-likeness (QED) is 0.887. The third-order valence-corrected chi connectivity index (χ3v) is 4.22. The molecule has 3 nitrogen and oxygen atoms in total. The van der Waals surface area contributed by atoms with E-state index in [-0.39, 0.29) is 19.1 Å². The van der Waals surface area contributed by atoms with Crippen LogP contribution in [0.25, 0.3) is 10.4 Å². The van der Waals surface area contributed by atoms with Crippen molar-refractivity contribution in [1.29, 1.82) is 0 Å². The lowest BCUT2D eigenvalue weighted by molar-refractivity contribution is 0.0949. The minimum atomic E-state index is -0.130. The number of aliphatic hydroxyl groups is 1. The zero-order valence-corrected chi connectivity index (χ0v) is 12.5. The predicted molar refractivity (Wildman–Crippen MR) is 83.3 cm³/mol. The fraction of sp³-hybridized carbons (Fsp3) is 0.312. The van der Waals surface area contributed by atoms with Crippen LogP contribution in [0, 0.1) is 0 Å². The molecule has 0 aliphatic rings. The molecule has 4 heteroatoms. The van der Waals surface area contributed by atoms with Crippen molar-refractivity contribution < 1.29 is 9.90 Å². The van der Waals surface area contributed by atoms with Gasteiger partial charge in [-0.25, -0.2) is 0 Å². The normalized spacial score (nSPS) is 10.8. The van der Waals surface area contributed by atoms with Gasteiger partial charge in [-0.05, 0) is 29.2 Å². The van der Waals surface area contributed by atoms with Crippen LogP contribution in [0.15, 0.2) is 36.4 Å². The molecule has 1 aromatic carbocycles. The Hall–Kier alpha value is -1.65. The number of carbonyl (C=O) groups excluding carboxylic acids is 1. The van der Waals surface area contributed by atoms with Crippen LogP contribution in [0.5, 0.6) is 0 Å². The van der Waals surface area contributed by atoms with Gasteiger partial charge in [-0.1, -0.05) is 38.1 Å². The van der Waals surface area contributed by atoms with E-state index in [1.54, 1.807) is 0 Å².